The van der Waals surface area contributed by atoms with Crippen molar-refractivity contribution >= 4 is 27.2 Å². The Hall–Kier alpha value is -1.60. The van der Waals surface area contributed by atoms with Gasteiger partial charge in [0.1, 0.15) is 6.07 Å². The molecule has 58 valence electrons. The predicted molar refractivity (Wildman–Crippen MR) is 48.7 cm³/mol. The minimum absolute atomic E-state index is 0.461. The number of aromatic nitrogens is 1. The molecule has 0 fully saturated rings. The quantitative estimate of drug-likeness (QED) is 0.620. The molecule has 1 heterocycles. The molecule has 0 aliphatic heterocycles. The third-order valence-electron chi connectivity index (χ3n) is 1.54. The van der Waals surface area contributed by atoms with Crippen LogP contribution in [0.2, 0.25) is 0 Å². The molecular weight excluding hydrogens is 170 g/mol. The second-order valence-corrected chi connectivity index (χ2v) is 3.33. The van der Waals surface area contributed by atoms with E-state index in [-0.39, 0.29) is 0 Å². The van der Waals surface area contributed by atoms with Crippen LogP contribution >= 0.6 is 11.3 Å². The monoisotopic (exact) mass is 175 g/mol. The lowest BCUT2D eigenvalue weighted by Crippen LogP contribution is -1.82. The minimum Gasteiger partial charge on any atom is -0.398 e. The van der Waals surface area contributed by atoms with E-state index in [9.17, 15) is 0 Å². The first-order valence-electron chi connectivity index (χ1n) is 3.36. The Morgan fingerprint density at radius 1 is 1.50 bits per heavy atom. The first kappa shape index (κ1) is 7.07. The smallest absolute Gasteiger partial charge is 0.195 e. The van der Waals surface area contributed by atoms with Gasteiger partial charge in [-0.25, -0.2) is 4.98 Å². The number of anilines is 1. The van der Waals surface area contributed by atoms with E-state index in [2.05, 4.69) is 4.98 Å². The van der Waals surface area contributed by atoms with Crippen LogP contribution < -0.4 is 5.73 Å². The van der Waals surface area contributed by atoms with E-state index in [0.29, 0.717) is 10.7 Å². The molecule has 1 aromatic carbocycles. The molecule has 2 aromatic rings. The average molecular weight is 175 g/mol. The summed E-state index contributed by atoms with van der Waals surface area (Å²) in [7, 11) is 0. The summed E-state index contributed by atoms with van der Waals surface area (Å²) in [5, 5.41) is 9.05. The van der Waals surface area contributed by atoms with E-state index in [1.807, 2.05) is 24.3 Å². The zero-order valence-corrected chi connectivity index (χ0v) is 6.93. The number of nitrogens with two attached hydrogens (primary N) is 1. The van der Waals surface area contributed by atoms with Crippen LogP contribution in [-0.4, -0.2) is 4.98 Å². The Bertz CT molecular complexity index is 467. The number of fused-ring (bicyclic) bond motifs is 1. The van der Waals surface area contributed by atoms with E-state index < -0.39 is 0 Å². The number of nitrogen functional groups attached to an aromatic ring is 1. The molecule has 0 spiro atoms. The standard InChI is InChI=1S/C8H5N3S/c9-4-7-11-6-3-1-2-5(10)8(6)12-7/h1-3H,10H2. The summed E-state index contributed by atoms with van der Waals surface area (Å²) in [4.78, 5) is 4.07. The number of nitriles is 1. The fourth-order valence-electron chi connectivity index (χ4n) is 1.02. The number of thiazole rings is 1. The Morgan fingerprint density at radius 2 is 2.33 bits per heavy atom. The van der Waals surface area contributed by atoms with Crippen LogP contribution in [0, 0.1) is 11.3 Å². The van der Waals surface area contributed by atoms with Gasteiger partial charge in [-0.2, -0.15) is 5.26 Å². The van der Waals surface area contributed by atoms with E-state index >= 15 is 0 Å². The Morgan fingerprint density at radius 3 is 3.00 bits per heavy atom. The van der Waals surface area contributed by atoms with Crippen LogP contribution in [0.15, 0.2) is 18.2 Å². The summed E-state index contributed by atoms with van der Waals surface area (Å²) in [5.74, 6) is 0. The lowest BCUT2D eigenvalue weighted by Gasteiger charge is -1.90. The van der Waals surface area contributed by atoms with E-state index in [0.717, 1.165) is 10.2 Å². The van der Waals surface area contributed by atoms with Gasteiger partial charge in [0.2, 0.25) is 0 Å². The summed E-state index contributed by atoms with van der Waals surface area (Å²) in [5.41, 5.74) is 7.17. The molecule has 4 heteroatoms. The van der Waals surface area contributed by atoms with Crippen LogP contribution in [0.3, 0.4) is 0 Å². The summed E-state index contributed by atoms with van der Waals surface area (Å²) >= 11 is 1.33. The summed E-state index contributed by atoms with van der Waals surface area (Å²) in [6.07, 6.45) is 0. The van der Waals surface area contributed by atoms with Gasteiger partial charge in [-0.3, -0.25) is 0 Å². The largest absolute Gasteiger partial charge is 0.398 e. The molecule has 0 amide bonds. The van der Waals surface area contributed by atoms with Gasteiger partial charge in [-0.05, 0) is 12.1 Å². The molecule has 2 N–H and O–H groups in total. The van der Waals surface area contributed by atoms with E-state index in [4.69, 9.17) is 11.0 Å². The van der Waals surface area contributed by atoms with Gasteiger partial charge in [-0.15, -0.1) is 11.3 Å². The van der Waals surface area contributed by atoms with Crippen molar-refractivity contribution in [2.75, 3.05) is 5.73 Å². The highest BCUT2D eigenvalue weighted by atomic mass is 32.1. The van der Waals surface area contributed by atoms with Gasteiger partial charge < -0.3 is 5.73 Å². The molecule has 2 rings (SSSR count). The van der Waals surface area contributed by atoms with Crippen molar-refractivity contribution in [1.82, 2.24) is 4.98 Å². The topological polar surface area (TPSA) is 62.7 Å². The SMILES string of the molecule is N#Cc1nc2cccc(N)c2s1. The summed E-state index contributed by atoms with van der Waals surface area (Å²) < 4.78 is 0.897. The minimum atomic E-state index is 0.461. The molecule has 0 saturated carbocycles. The van der Waals surface area contributed by atoms with Crippen molar-refractivity contribution < 1.29 is 0 Å². The number of hydrogen-bond donors (Lipinski definition) is 1. The van der Waals surface area contributed by atoms with Crippen molar-refractivity contribution in [3.05, 3.63) is 23.2 Å². The van der Waals surface area contributed by atoms with Gasteiger partial charge in [0.15, 0.2) is 5.01 Å². The highest BCUT2D eigenvalue weighted by molar-refractivity contribution is 7.19. The average Bonchev–Trinajstić information content (AvgIpc) is 2.49. The van der Waals surface area contributed by atoms with Crippen molar-refractivity contribution in [3.63, 3.8) is 0 Å². The van der Waals surface area contributed by atoms with Gasteiger partial charge in [-0.1, -0.05) is 6.07 Å². The fourth-order valence-corrected chi connectivity index (χ4v) is 1.81. The van der Waals surface area contributed by atoms with Crippen LogP contribution in [0.25, 0.3) is 10.2 Å². The second-order valence-electron chi connectivity index (χ2n) is 2.33. The van der Waals surface area contributed by atoms with E-state index in [1.54, 1.807) is 0 Å². The van der Waals surface area contributed by atoms with Crippen molar-refractivity contribution in [2.45, 2.75) is 0 Å². The molecule has 0 bridgehead atoms. The maximum absolute atomic E-state index is 8.59. The van der Waals surface area contributed by atoms with Crippen LogP contribution in [0.5, 0.6) is 0 Å². The van der Waals surface area contributed by atoms with Gasteiger partial charge >= 0.3 is 0 Å². The second kappa shape index (κ2) is 2.47. The van der Waals surface area contributed by atoms with Crippen LogP contribution in [0.4, 0.5) is 5.69 Å². The maximum Gasteiger partial charge on any atom is 0.195 e. The molecule has 0 aliphatic rings. The van der Waals surface area contributed by atoms with Gasteiger partial charge in [0.25, 0.3) is 0 Å². The molecule has 1 aromatic heterocycles. The number of rotatable bonds is 0. The van der Waals surface area contributed by atoms with Gasteiger partial charge in [0.05, 0.1) is 15.9 Å². The molecule has 0 unspecified atom stereocenters. The zero-order valence-electron chi connectivity index (χ0n) is 6.11. The molecule has 0 atom stereocenters. The van der Waals surface area contributed by atoms with Crippen molar-refractivity contribution in [2.24, 2.45) is 0 Å². The maximum atomic E-state index is 8.59. The third kappa shape index (κ3) is 0.917. The number of hydrogen-bond acceptors (Lipinski definition) is 4. The van der Waals surface area contributed by atoms with Crippen LogP contribution in [-0.2, 0) is 0 Å². The molecule has 3 nitrogen and oxygen atoms in total. The van der Waals surface area contributed by atoms with Crippen LogP contribution in [0.1, 0.15) is 5.01 Å². The highest BCUT2D eigenvalue weighted by Crippen LogP contribution is 2.26. The first-order valence-corrected chi connectivity index (χ1v) is 4.18. The molecule has 0 aliphatic carbocycles. The van der Waals surface area contributed by atoms with E-state index in [1.165, 1.54) is 11.3 Å². The molecule has 12 heavy (non-hydrogen) atoms. The Kier molecular flexibility index (Phi) is 1.45. The summed E-state index contributed by atoms with van der Waals surface area (Å²) in [6, 6.07) is 7.48. The predicted octanol–water partition coefficient (Wildman–Crippen LogP) is 1.75. The fraction of sp³-hybridized carbons (Fsp3) is 0. The highest BCUT2D eigenvalue weighted by Gasteiger charge is 2.03. The lowest BCUT2D eigenvalue weighted by molar-refractivity contribution is 1.40. The first-order chi connectivity index (χ1) is 5.81. The van der Waals surface area contributed by atoms with Gasteiger partial charge in [0, 0.05) is 0 Å². The lowest BCUT2D eigenvalue weighted by atomic mass is 10.3. The van der Waals surface area contributed by atoms with Crippen molar-refractivity contribution in [1.29, 1.82) is 5.26 Å². The molecule has 0 saturated heterocycles. The summed E-state index contributed by atoms with van der Waals surface area (Å²) in [6.45, 7) is 0. The number of benzene rings is 1. The molecule has 0 radical (unpaired) electrons. The zero-order chi connectivity index (χ0) is 8.55. The third-order valence-corrected chi connectivity index (χ3v) is 2.57. The molecular formula is C8H5N3S. The Balaban J connectivity index is 2.85. The Labute approximate surface area is 73.1 Å². The normalized spacial score (nSPS) is 9.92. The number of nitrogens with zero attached hydrogens (tertiary/aromatic N) is 2. The van der Waals surface area contributed by atoms with Crippen molar-refractivity contribution in [3.8, 4) is 6.07 Å².